The summed E-state index contributed by atoms with van der Waals surface area (Å²) in [5.74, 6) is 0.235. The lowest BCUT2D eigenvalue weighted by Gasteiger charge is -2.30. The topological polar surface area (TPSA) is 80.9 Å². The van der Waals surface area contributed by atoms with Gasteiger partial charge in [0.2, 0.25) is 0 Å². The number of nitrogens with zero attached hydrogens (tertiary/aromatic N) is 4. The van der Waals surface area contributed by atoms with Gasteiger partial charge in [0.05, 0.1) is 24.6 Å². The summed E-state index contributed by atoms with van der Waals surface area (Å²) in [5.41, 5.74) is 4.23. The molecule has 0 radical (unpaired) electrons. The van der Waals surface area contributed by atoms with Crippen molar-refractivity contribution in [1.29, 1.82) is 0 Å². The maximum absolute atomic E-state index is 13.4. The molecule has 5 rings (SSSR count). The largest absolute Gasteiger partial charge is 0.495 e. The van der Waals surface area contributed by atoms with Crippen LogP contribution < -0.4 is 15.6 Å². The number of aromatic nitrogens is 3. The normalized spacial score (nSPS) is 13.6. The lowest BCUT2D eigenvalue weighted by Crippen LogP contribution is -2.38. The Morgan fingerprint density at radius 2 is 1.88 bits per heavy atom. The molecule has 174 valence electrons. The molecule has 1 aliphatic rings. The van der Waals surface area contributed by atoms with Gasteiger partial charge in [0, 0.05) is 38.3 Å². The van der Waals surface area contributed by atoms with Gasteiger partial charge in [-0.15, -0.1) is 0 Å². The quantitative estimate of drug-likeness (QED) is 0.480. The molecule has 0 saturated heterocycles. The summed E-state index contributed by atoms with van der Waals surface area (Å²) < 4.78 is 8.77. The molecule has 2 aromatic carbocycles. The lowest BCUT2D eigenvalue weighted by molar-refractivity contribution is 0.102. The number of para-hydroxylation sites is 2. The summed E-state index contributed by atoms with van der Waals surface area (Å²) in [5, 5.41) is 7.22. The van der Waals surface area contributed by atoms with Crippen LogP contribution in [0.25, 0.3) is 5.65 Å². The van der Waals surface area contributed by atoms with E-state index in [0.29, 0.717) is 35.7 Å². The van der Waals surface area contributed by atoms with Crippen molar-refractivity contribution < 1.29 is 9.53 Å². The first-order valence-electron chi connectivity index (χ1n) is 11.4. The van der Waals surface area contributed by atoms with E-state index in [1.54, 1.807) is 19.2 Å². The van der Waals surface area contributed by atoms with E-state index >= 15 is 0 Å². The Labute approximate surface area is 197 Å². The Morgan fingerprint density at radius 1 is 1.12 bits per heavy atom. The molecule has 0 spiro atoms. The number of fused-ring (bicyclic) bond motifs is 2. The van der Waals surface area contributed by atoms with Crippen LogP contribution in [-0.4, -0.2) is 38.6 Å². The molecule has 0 aliphatic carbocycles. The summed E-state index contributed by atoms with van der Waals surface area (Å²) in [7, 11) is 1.56. The second-order valence-corrected chi connectivity index (χ2v) is 8.37. The molecule has 4 aromatic rings. The number of ether oxygens (including phenoxy) is 1. The molecule has 8 heteroatoms. The Hall–Kier alpha value is -3.91. The third kappa shape index (κ3) is 3.86. The summed E-state index contributed by atoms with van der Waals surface area (Å²) in [4.78, 5) is 28.9. The summed E-state index contributed by atoms with van der Waals surface area (Å²) in [6.45, 7) is 4.84. The van der Waals surface area contributed by atoms with Gasteiger partial charge in [-0.05, 0) is 24.6 Å². The molecule has 34 heavy (non-hydrogen) atoms. The first-order valence-corrected chi connectivity index (χ1v) is 11.4. The minimum atomic E-state index is -0.331. The molecule has 1 aliphatic heterocycles. The number of aryl methyl sites for hydroxylation is 1. The van der Waals surface area contributed by atoms with Crippen LogP contribution in [-0.2, 0) is 26.1 Å². The molecule has 2 aromatic heterocycles. The monoisotopic (exact) mass is 457 g/mol. The predicted octanol–water partition coefficient (Wildman–Crippen LogP) is 3.34. The first kappa shape index (κ1) is 21.9. The van der Waals surface area contributed by atoms with Crippen LogP contribution in [0.15, 0.2) is 65.6 Å². The highest BCUT2D eigenvalue weighted by atomic mass is 16.5. The number of benzene rings is 2. The van der Waals surface area contributed by atoms with Crippen molar-refractivity contribution in [3.8, 4) is 5.75 Å². The van der Waals surface area contributed by atoms with Crippen molar-refractivity contribution in [3.05, 3.63) is 93.5 Å². The number of methoxy groups -OCH3 is 1. The highest BCUT2D eigenvalue weighted by Crippen LogP contribution is 2.26. The van der Waals surface area contributed by atoms with Crippen LogP contribution in [0.2, 0.25) is 0 Å². The Bertz CT molecular complexity index is 1410. The number of carbonyl (C=O) groups excluding carboxylic acids is 1. The fraction of sp³-hybridized carbons (Fsp3) is 0.269. The van der Waals surface area contributed by atoms with Crippen molar-refractivity contribution in [1.82, 2.24) is 19.1 Å². The van der Waals surface area contributed by atoms with Gasteiger partial charge < -0.3 is 14.6 Å². The van der Waals surface area contributed by atoms with E-state index in [4.69, 9.17) is 4.74 Å². The fourth-order valence-electron chi connectivity index (χ4n) is 4.72. The Kier molecular flexibility index (Phi) is 5.90. The highest BCUT2D eigenvalue weighted by molar-refractivity contribution is 6.08. The highest BCUT2D eigenvalue weighted by Gasteiger charge is 2.27. The zero-order valence-corrected chi connectivity index (χ0v) is 19.3. The average molecular weight is 458 g/mol. The molecule has 0 atom stereocenters. The van der Waals surface area contributed by atoms with E-state index in [2.05, 4.69) is 32.0 Å². The third-order valence-corrected chi connectivity index (χ3v) is 6.34. The van der Waals surface area contributed by atoms with Crippen LogP contribution in [0.3, 0.4) is 0 Å². The summed E-state index contributed by atoms with van der Waals surface area (Å²) in [6.07, 6.45) is 2.21. The minimum Gasteiger partial charge on any atom is -0.495 e. The van der Waals surface area contributed by atoms with Gasteiger partial charge in [0.1, 0.15) is 11.3 Å². The summed E-state index contributed by atoms with van der Waals surface area (Å²) >= 11 is 0. The Balaban J connectivity index is 1.51. The van der Waals surface area contributed by atoms with E-state index < -0.39 is 0 Å². The van der Waals surface area contributed by atoms with Gasteiger partial charge in [-0.2, -0.15) is 9.61 Å². The number of rotatable bonds is 6. The minimum absolute atomic E-state index is 0.163. The Morgan fingerprint density at radius 3 is 2.65 bits per heavy atom. The van der Waals surface area contributed by atoms with Crippen molar-refractivity contribution in [2.45, 2.75) is 33.0 Å². The zero-order valence-electron chi connectivity index (χ0n) is 19.3. The number of carbonyl (C=O) groups is 1. The number of hydrogen-bond acceptors (Lipinski definition) is 5. The van der Waals surface area contributed by atoms with Crippen molar-refractivity contribution >= 4 is 17.2 Å². The zero-order chi connectivity index (χ0) is 23.7. The van der Waals surface area contributed by atoms with E-state index in [1.165, 1.54) is 16.3 Å². The van der Waals surface area contributed by atoms with E-state index in [1.807, 2.05) is 37.3 Å². The smallest absolute Gasteiger partial charge is 0.279 e. The van der Waals surface area contributed by atoms with Gasteiger partial charge in [-0.25, -0.2) is 0 Å². The molecule has 1 N–H and O–H groups in total. The molecule has 0 saturated carbocycles. The van der Waals surface area contributed by atoms with Gasteiger partial charge in [0.25, 0.3) is 11.5 Å². The molecular weight excluding hydrogens is 430 g/mol. The number of amides is 1. The first-order chi connectivity index (χ1) is 16.6. The number of hydrogen-bond donors (Lipinski definition) is 1. The van der Waals surface area contributed by atoms with E-state index in [0.717, 1.165) is 30.8 Å². The SMILES string of the molecule is CCn1c2c(c(=O)n3ncc(C(=O)Nc4ccccc4OC)c13)CN(Cc1ccccc1)CC2. The van der Waals surface area contributed by atoms with E-state index in [-0.39, 0.29) is 11.5 Å². The maximum Gasteiger partial charge on any atom is 0.279 e. The van der Waals surface area contributed by atoms with E-state index in [9.17, 15) is 9.59 Å². The molecule has 1 amide bonds. The molecular formula is C26H27N5O3. The number of nitrogens with one attached hydrogen (secondary N) is 1. The lowest BCUT2D eigenvalue weighted by atomic mass is 10.0. The van der Waals surface area contributed by atoms with Crippen LogP contribution in [0.5, 0.6) is 5.75 Å². The van der Waals surface area contributed by atoms with Crippen molar-refractivity contribution in [2.75, 3.05) is 19.0 Å². The standard InChI is InChI=1S/C26H27N5O3/c1-3-30-22-13-14-29(16-18-9-5-4-6-10-18)17-20(22)26(33)31-25(30)19(15-27-31)24(32)28-21-11-7-8-12-23(21)34-2/h4-12,15H,3,13-14,16-17H2,1-2H3,(H,28,32). The fourth-order valence-corrected chi connectivity index (χ4v) is 4.72. The maximum atomic E-state index is 13.4. The predicted molar refractivity (Wildman–Crippen MR) is 130 cm³/mol. The van der Waals surface area contributed by atoms with Gasteiger partial charge in [-0.1, -0.05) is 42.5 Å². The van der Waals surface area contributed by atoms with Crippen LogP contribution in [0, 0.1) is 0 Å². The summed E-state index contributed by atoms with van der Waals surface area (Å²) in [6, 6.07) is 17.5. The van der Waals surface area contributed by atoms with Gasteiger partial charge in [-0.3, -0.25) is 14.5 Å². The second kappa shape index (κ2) is 9.15. The van der Waals surface area contributed by atoms with Crippen LogP contribution in [0.1, 0.15) is 34.1 Å². The number of anilines is 1. The third-order valence-electron chi connectivity index (χ3n) is 6.34. The van der Waals surface area contributed by atoms with Crippen molar-refractivity contribution in [3.63, 3.8) is 0 Å². The molecule has 3 heterocycles. The van der Waals surface area contributed by atoms with Gasteiger partial charge >= 0.3 is 0 Å². The molecule has 0 fully saturated rings. The second-order valence-electron chi connectivity index (χ2n) is 8.37. The van der Waals surface area contributed by atoms with Crippen molar-refractivity contribution in [2.24, 2.45) is 0 Å². The average Bonchev–Trinajstić information content (AvgIpc) is 3.31. The van der Waals surface area contributed by atoms with Crippen LogP contribution >= 0.6 is 0 Å². The van der Waals surface area contributed by atoms with Crippen LogP contribution in [0.4, 0.5) is 5.69 Å². The van der Waals surface area contributed by atoms with Gasteiger partial charge in [0.15, 0.2) is 5.65 Å². The molecule has 0 unspecified atom stereocenters. The molecule has 8 nitrogen and oxygen atoms in total. The molecule has 0 bridgehead atoms.